The Morgan fingerprint density at radius 3 is 1.57 bits per heavy atom. The first-order chi connectivity index (χ1) is 17.1. The Balaban J connectivity index is 1.33. The molecule has 0 aliphatic carbocycles. The molecule has 0 atom stereocenters. The van der Waals surface area contributed by atoms with Crippen molar-refractivity contribution in [3.63, 3.8) is 0 Å². The molecule has 0 bridgehead atoms. The Kier molecular flexibility index (Phi) is 5.88. The Morgan fingerprint density at radius 1 is 0.657 bits per heavy atom. The van der Waals surface area contributed by atoms with E-state index in [0.29, 0.717) is 11.7 Å². The molecule has 0 saturated heterocycles. The van der Waals surface area contributed by atoms with E-state index in [1.807, 2.05) is 47.2 Å². The topological polar surface area (TPSA) is 86.6 Å². The number of amidine groups is 2. The summed E-state index contributed by atoms with van der Waals surface area (Å²) in [6.45, 7) is 0. The van der Waals surface area contributed by atoms with E-state index < -0.39 is 21.8 Å². The molecule has 2 aromatic carbocycles. The van der Waals surface area contributed by atoms with E-state index in [4.69, 9.17) is 11.5 Å². The first-order valence-corrected chi connectivity index (χ1v) is 14.5. The zero-order chi connectivity index (χ0) is 23.8. The number of fused-ring (bicyclic) bond motifs is 2. The predicted molar refractivity (Wildman–Crippen MR) is 144 cm³/mol. The van der Waals surface area contributed by atoms with Crippen LogP contribution >= 0.6 is 22.7 Å². The van der Waals surface area contributed by atoms with Gasteiger partial charge in [-0.2, -0.15) is 0 Å². The van der Waals surface area contributed by atoms with Crippen molar-refractivity contribution >= 4 is 67.5 Å². The molecule has 0 spiro atoms. The normalized spacial score (nSPS) is 12.8. The molecule has 9 heteroatoms. The fourth-order valence-electron chi connectivity index (χ4n) is 3.76. The minimum absolute atomic E-state index is 0.540. The Hall–Kier alpha value is -3.41. The molecule has 0 radical (unpaired) electrons. The monoisotopic (exact) mass is 607 g/mol. The Morgan fingerprint density at radius 2 is 1.14 bits per heavy atom. The van der Waals surface area contributed by atoms with E-state index in [9.17, 15) is 0 Å². The van der Waals surface area contributed by atoms with E-state index >= 15 is 0 Å². The number of hydrogen-bond donors (Lipinski definition) is 2. The second-order valence-corrected chi connectivity index (χ2v) is 12.2. The molecule has 6 rings (SSSR count). The van der Waals surface area contributed by atoms with Crippen molar-refractivity contribution in [1.82, 2.24) is 5.56 Å². The van der Waals surface area contributed by atoms with Crippen LogP contribution in [-0.2, 0) is 0 Å². The molecular weight excluding hydrogens is 587 g/mol. The third-order valence-electron chi connectivity index (χ3n) is 5.47. The van der Waals surface area contributed by atoms with E-state index in [0.717, 1.165) is 32.2 Å². The molecule has 6 nitrogen and oxygen atoms in total. The van der Waals surface area contributed by atoms with Crippen LogP contribution in [0.25, 0.3) is 21.8 Å². The van der Waals surface area contributed by atoms with Crippen molar-refractivity contribution in [2.24, 2.45) is 21.5 Å². The summed E-state index contributed by atoms with van der Waals surface area (Å²) in [6, 6.07) is 24.7. The van der Waals surface area contributed by atoms with E-state index in [2.05, 4.69) is 64.3 Å². The van der Waals surface area contributed by atoms with Gasteiger partial charge in [0, 0.05) is 0 Å². The van der Waals surface area contributed by atoms with Gasteiger partial charge in [0.25, 0.3) is 0 Å². The van der Waals surface area contributed by atoms with Gasteiger partial charge in [-0.15, -0.1) is 0 Å². The van der Waals surface area contributed by atoms with Gasteiger partial charge >= 0.3 is 222 Å². The van der Waals surface area contributed by atoms with Gasteiger partial charge in [0.2, 0.25) is 0 Å². The predicted octanol–water partition coefficient (Wildman–Crippen LogP) is 3.11. The maximum absolute atomic E-state index is 6.22. The third kappa shape index (κ3) is 4.49. The number of aliphatic imine (C=N–C) groups is 2. The molecule has 0 aliphatic heterocycles. The Labute approximate surface area is 220 Å². The zero-order valence-corrected chi connectivity index (χ0v) is 22.2. The second-order valence-electron chi connectivity index (χ2n) is 7.76. The van der Waals surface area contributed by atoms with E-state index in [1.54, 1.807) is 22.7 Å². The van der Waals surface area contributed by atoms with Crippen molar-refractivity contribution in [2.75, 3.05) is 0 Å². The van der Waals surface area contributed by atoms with Crippen molar-refractivity contribution in [1.29, 1.82) is 0 Å². The summed E-state index contributed by atoms with van der Waals surface area (Å²) >= 11 is 2.62. The standard InChI is InChI=1S/C26H20IN6S2/c28-25(23-3-1-13-34-23)30-19-7-5-17-9-11-32(21(17)15-19)27-33-12-10-18-6-8-20(16-22(18)33)31-26(29)24-4-2-14-35-24/h1-16H,(H2,28,30)(H2,29,31)/q-1. The molecule has 4 heterocycles. The molecule has 6 aromatic rings. The van der Waals surface area contributed by atoms with Crippen LogP contribution in [-0.4, -0.2) is 17.2 Å². The van der Waals surface area contributed by atoms with Gasteiger partial charge in [-0.3, -0.25) is 0 Å². The summed E-state index contributed by atoms with van der Waals surface area (Å²) in [5, 5.41) is 6.38. The minimum atomic E-state index is -0.564. The van der Waals surface area contributed by atoms with Crippen molar-refractivity contribution in [3.05, 3.63) is 106 Å². The van der Waals surface area contributed by atoms with Crippen molar-refractivity contribution in [3.8, 4) is 0 Å². The van der Waals surface area contributed by atoms with Gasteiger partial charge < -0.3 is 0 Å². The van der Waals surface area contributed by atoms with Crippen LogP contribution < -0.4 is 33.2 Å². The molecule has 35 heavy (non-hydrogen) atoms. The molecule has 0 saturated carbocycles. The quantitative estimate of drug-likeness (QED) is 0.173. The van der Waals surface area contributed by atoms with Crippen LogP contribution in [0.15, 0.2) is 106 Å². The first kappa shape index (κ1) is 22.1. The second kappa shape index (κ2) is 9.33. The third-order valence-corrected chi connectivity index (χ3v) is 9.86. The maximum atomic E-state index is 6.22. The van der Waals surface area contributed by atoms with Crippen LogP contribution in [0.1, 0.15) is 9.75 Å². The van der Waals surface area contributed by atoms with E-state index in [1.165, 1.54) is 10.8 Å². The molecule has 0 fully saturated rings. The summed E-state index contributed by atoms with van der Waals surface area (Å²) in [6.07, 6.45) is 4.30. The summed E-state index contributed by atoms with van der Waals surface area (Å²) in [7, 11) is 0. The van der Waals surface area contributed by atoms with Crippen LogP contribution in [0.4, 0.5) is 11.4 Å². The van der Waals surface area contributed by atoms with Gasteiger partial charge in [-0.25, -0.2) is 0 Å². The number of nitrogens with two attached hydrogens (primary N) is 2. The van der Waals surface area contributed by atoms with E-state index in [-0.39, 0.29) is 0 Å². The van der Waals surface area contributed by atoms with Gasteiger partial charge in [0.15, 0.2) is 0 Å². The van der Waals surface area contributed by atoms with Gasteiger partial charge in [-0.1, -0.05) is 0 Å². The van der Waals surface area contributed by atoms with Crippen molar-refractivity contribution in [2.45, 2.75) is 0 Å². The number of aromatic nitrogens is 2. The number of halogens is 1. The average Bonchev–Trinajstić information content (AvgIpc) is 3.67. The SMILES string of the molecule is NC(=Nc1ccc2ccn([I-]n3ccc4ccc(N=C(N)c5cccs5)cc43)c2c1)c1cccs1. The van der Waals surface area contributed by atoms with Gasteiger partial charge in [0.05, 0.1) is 0 Å². The average molecular weight is 608 g/mol. The summed E-state index contributed by atoms with van der Waals surface area (Å²) in [4.78, 5) is 11.3. The van der Waals surface area contributed by atoms with Crippen LogP contribution in [0.3, 0.4) is 0 Å². The van der Waals surface area contributed by atoms with Crippen LogP contribution in [0, 0.1) is 0 Å². The number of rotatable bonds is 6. The van der Waals surface area contributed by atoms with Crippen LogP contribution in [0.5, 0.6) is 0 Å². The summed E-state index contributed by atoms with van der Waals surface area (Å²) in [5.41, 5.74) is 16.4. The Bertz CT molecular complexity index is 1560. The number of nitrogens with zero attached hydrogens (tertiary/aromatic N) is 4. The fraction of sp³-hybridized carbons (Fsp3) is 0. The molecular formula is C26H20IN6S2-. The number of benzene rings is 2. The molecule has 4 aromatic heterocycles. The first-order valence-electron chi connectivity index (χ1n) is 10.8. The summed E-state index contributed by atoms with van der Waals surface area (Å²) < 4.78 is 4.65. The van der Waals surface area contributed by atoms with Crippen molar-refractivity contribution < 1.29 is 21.8 Å². The van der Waals surface area contributed by atoms with Gasteiger partial charge in [-0.05, 0) is 0 Å². The molecule has 0 unspecified atom stereocenters. The fourth-order valence-corrected chi connectivity index (χ4v) is 7.43. The van der Waals surface area contributed by atoms with Gasteiger partial charge in [0.1, 0.15) is 0 Å². The molecule has 0 aliphatic rings. The molecule has 4 N–H and O–H groups in total. The number of thiophene rings is 2. The zero-order valence-electron chi connectivity index (χ0n) is 18.4. The number of hydrogen-bond acceptors (Lipinski definition) is 4. The van der Waals surface area contributed by atoms with Crippen LogP contribution in [0.2, 0.25) is 0 Å². The summed E-state index contributed by atoms with van der Waals surface area (Å²) in [5.74, 6) is 1.08. The molecule has 0 amide bonds. The molecule has 174 valence electrons.